The van der Waals surface area contributed by atoms with Crippen LogP contribution >= 0.6 is 11.6 Å². The van der Waals surface area contributed by atoms with E-state index in [4.69, 9.17) is 11.6 Å². The summed E-state index contributed by atoms with van der Waals surface area (Å²) in [5, 5.41) is 3.01. The number of rotatable bonds is 2. The summed E-state index contributed by atoms with van der Waals surface area (Å²) in [6.07, 6.45) is 1.56. The van der Waals surface area contributed by atoms with Crippen molar-refractivity contribution in [1.82, 2.24) is 9.97 Å². The van der Waals surface area contributed by atoms with Gasteiger partial charge in [0.1, 0.15) is 5.69 Å². The number of nitrogens with one attached hydrogen (secondary N) is 1. The van der Waals surface area contributed by atoms with Crippen molar-refractivity contribution in [3.63, 3.8) is 0 Å². The highest BCUT2D eigenvalue weighted by Crippen LogP contribution is 2.17. The summed E-state index contributed by atoms with van der Waals surface area (Å²) < 4.78 is 0. The van der Waals surface area contributed by atoms with E-state index in [9.17, 15) is 4.79 Å². The summed E-state index contributed by atoms with van der Waals surface area (Å²) in [5.41, 5.74) is 1.12. The van der Waals surface area contributed by atoms with Gasteiger partial charge < -0.3 is 5.32 Å². The highest BCUT2D eigenvalue weighted by Gasteiger charge is 2.10. The van der Waals surface area contributed by atoms with Crippen LogP contribution in [0.4, 0.5) is 5.82 Å². The summed E-state index contributed by atoms with van der Waals surface area (Å²) >= 11 is 5.89. The molecular formula is C12H10ClN3O. The molecule has 0 saturated carbocycles. The summed E-state index contributed by atoms with van der Waals surface area (Å²) in [6.45, 7) is 1.82. The Bertz CT molecular complexity index is 557. The van der Waals surface area contributed by atoms with Gasteiger partial charge in [0.05, 0.1) is 5.02 Å². The highest BCUT2D eigenvalue weighted by atomic mass is 35.5. The maximum atomic E-state index is 11.8. The van der Waals surface area contributed by atoms with Crippen molar-refractivity contribution in [1.29, 1.82) is 0 Å². The van der Waals surface area contributed by atoms with E-state index in [-0.39, 0.29) is 5.91 Å². The summed E-state index contributed by atoms with van der Waals surface area (Å²) in [7, 11) is 0. The van der Waals surface area contributed by atoms with E-state index in [1.54, 1.807) is 30.5 Å². The number of hydrogen-bond acceptors (Lipinski definition) is 3. The number of carbonyl (C=O) groups excluding carboxylic acids is 1. The largest absolute Gasteiger partial charge is 0.304 e. The highest BCUT2D eigenvalue weighted by molar-refractivity contribution is 6.33. The Morgan fingerprint density at radius 2 is 2.12 bits per heavy atom. The molecule has 0 atom stereocenters. The lowest BCUT2D eigenvalue weighted by Gasteiger charge is -2.05. The van der Waals surface area contributed by atoms with E-state index >= 15 is 0 Å². The molecule has 2 rings (SSSR count). The van der Waals surface area contributed by atoms with Crippen LogP contribution in [-0.2, 0) is 0 Å². The average Bonchev–Trinajstić information content (AvgIpc) is 2.32. The van der Waals surface area contributed by atoms with Crippen LogP contribution in [-0.4, -0.2) is 15.9 Å². The Morgan fingerprint density at radius 1 is 1.29 bits per heavy atom. The van der Waals surface area contributed by atoms with Crippen molar-refractivity contribution in [3.05, 3.63) is 52.9 Å². The molecular weight excluding hydrogens is 238 g/mol. The maximum Gasteiger partial charge on any atom is 0.275 e. The minimum Gasteiger partial charge on any atom is -0.304 e. The van der Waals surface area contributed by atoms with Gasteiger partial charge >= 0.3 is 0 Å². The fraction of sp³-hybridized carbons (Fsp3) is 0.0833. The first-order valence-corrected chi connectivity index (χ1v) is 5.40. The molecule has 2 aromatic rings. The number of anilines is 1. The number of aryl methyl sites for hydroxylation is 1. The average molecular weight is 248 g/mol. The Balaban J connectivity index is 2.20. The Kier molecular flexibility index (Phi) is 3.35. The Morgan fingerprint density at radius 3 is 2.82 bits per heavy atom. The number of halogens is 1. The van der Waals surface area contributed by atoms with Crippen molar-refractivity contribution in [2.75, 3.05) is 5.32 Å². The number of hydrogen-bond donors (Lipinski definition) is 1. The van der Waals surface area contributed by atoms with Gasteiger partial charge in [0, 0.05) is 11.9 Å². The third kappa shape index (κ3) is 2.79. The quantitative estimate of drug-likeness (QED) is 0.888. The SMILES string of the molecule is Cc1cccc(C(=O)Nc2ncccc2Cl)n1. The molecule has 86 valence electrons. The lowest BCUT2D eigenvalue weighted by Crippen LogP contribution is -2.15. The number of amides is 1. The van der Waals surface area contributed by atoms with Crippen molar-refractivity contribution in [2.24, 2.45) is 0 Å². The maximum absolute atomic E-state index is 11.8. The lowest BCUT2D eigenvalue weighted by molar-refractivity contribution is 0.102. The van der Waals surface area contributed by atoms with Gasteiger partial charge in [0.15, 0.2) is 5.82 Å². The number of carbonyl (C=O) groups is 1. The van der Waals surface area contributed by atoms with E-state index in [1.165, 1.54) is 0 Å². The molecule has 0 saturated heterocycles. The molecule has 0 aliphatic heterocycles. The smallest absolute Gasteiger partial charge is 0.275 e. The van der Waals surface area contributed by atoms with Crippen LogP contribution in [0.15, 0.2) is 36.5 Å². The summed E-state index contributed by atoms with van der Waals surface area (Å²) in [6, 6.07) is 8.59. The predicted octanol–water partition coefficient (Wildman–Crippen LogP) is 2.69. The molecule has 0 aliphatic carbocycles. The molecule has 17 heavy (non-hydrogen) atoms. The van der Waals surface area contributed by atoms with Crippen LogP contribution in [0, 0.1) is 6.92 Å². The molecule has 1 N–H and O–H groups in total. The molecule has 0 spiro atoms. The fourth-order valence-corrected chi connectivity index (χ4v) is 1.49. The van der Waals surface area contributed by atoms with Gasteiger partial charge in [-0.15, -0.1) is 0 Å². The van der Waals surface area contributed by atoms with Gasteiger partial charge in [-0.05, 0) is 31.2 Å². The monoisotopic (exact) mass is 247 g/mol. The zero-order valence-electron chi connectivity index (χ0n) is 9.14. The van der Waals surface area contributed by atoms with Crippen molar-refractivity contribution in [3.8, 4) is 0 Å². The molecule has 5 heteroatoms. The van der Waals surface area contributed by atoms with Gasteiger partial charge in [0.2, 0.25) is 0 Å². The minimum atomic E-state index is -0.325. The zero-order chi connectivity index (χ0) is 12.3. The minimum absolute atomic E-state index is 0.325. The van der Waals surface area contributed by atoms with E-state index in [0.717, 1.165) is 5.69 Å². The third-order valence-corrected chi connectivity index (χ3v) is 2.42. The second kappa shape index (κ2) is 4.93. The fourth-order valence-electron chi connectivity index (χ4n) is 1.32. The Hall–Kier alpha value is -1.94. The molecule has 0 fully saturated rings. The summed E-state index contributed by atoms with van der Waals surface area (Å²) in [4.78, 5) is 19.9. The van der Waals surface area contributed by atoms with Crippen molar-refractivity contribution < 1.29 is 4.79 Å². The Labute approximate surface area is 104 Å². The van der Waals surface area contributed by atoms with Gasteiger partial charge in [0.25, 0.3) is 5.91 Å². The van der Waals surface area contributed by atoms with E-state index in [2.05, 4.69) is 15.3 Å². The molecule has 0 aliphatic rings. The molecule has 2 heterocycles. The number of pyridine rings is 2. The third-order valence-electron chi connectivity index (χ3n) is 2.11. The molecule has 2 aromatic heterocycles. The summed E-state index contributed by atoms with van der Waals surface area (Å²) in [5.74, 6) is 0.0109. The van der Waals surface area contributed by atoms with E-state index < -0.39 is 0 Å². The molecule has 0 radical (unpaired) electrons. The topological polar surface area (TPSA) is 54.9 Å². The molecule has 0 aromatic carbocycles. The first kappa shape index (κ1) is 11.5. The van der Waals surface area contributed by atoms with E-state index in [1.807, 2.05) is 13.0 Å². The number of aromatic nitrogens is 2. The van der Waals surface area contributed by atoms with Crippen molar-refractivity contribution >= 4 is 23.3 Å². The lowest BCUT2D eigenvalue weighted by atomic mass is 10.3. The predicted molar refractivity (Wildman–Crippen MR) is 66.2 cm³/mol. The van der Waals surface area contributed by atoms with Crippen LogP contribution in [0.3, 0.4) is 0 Å². The van der Waals surface area contributed by atoms with Crippen LogP contribution in [0.5, 0.6) is 0 Å². The normalized spacial score (nSPS) is 10.0. The van der Waals surface area contributed by atoms with Gasteiger partial charge in [-0.1, -0.05) is 17.7 Å². The van der Waals surface area contributed by atoms with Crippen LogP contribution < -0.4 is 5.32 Å². The molecule has 1 amide bonds. The first-order chi connectivity index (χ1) is 8.16. The van der Waals surface area contributed by atoms with Crippen LogP contribution in [0.2, 0.25) is 5.02 Å². The van der Waals surface area contributed by atoms with Crippen LogP contribution in [0.1, 0.15) is 16.2 Å². The second-order valence-electron chi connectivity index (χ2n) is 3.45. The second-order valence-corrected chi connectivity index (χ2v) is 3.86. The molecule has 0 unspecified atom stereocenters. The van der Waals surface area contributed by atoms with Gasteiger partial charge in [-0.2, -0.15) is 0 Å². The van der Waals surface area contributed by atoms with E-state index in [0.29, 0.717) is 16.5 Å². The standard InChI is InChI=1S/C12H10ClN3O/c1-8-4-2-6-10(15-8)12(17)16-11-9(13)5-3-7-14-11/h2-7H,1H3,(H,14,16,17). The van der Waals surface area contributed by atoms with Gasteiger partial charge in [-0.25, -0.2) is 9.97 Å². The van der Waals surface area contributed by atoms with Crippen LogP contribution in [0.25, 0.3) is 0 Å². The van der Waals surface area contributed by atoms with Gasteiger partial charge in [-0.3, -0.25) is 4.79 Å². The zero-order valence-corrected chi connectivity index (χ0v) is 9.90. The molecule has 0 bridgehead atoms. The molecule has 4 nitrogen and oxygen atoms in total. The van der Waals surface area contributed by atoms with Crippen molar-refractivity contribution in [2.45, 2.75) is 6.92 Å². The first-order valence-electron chi connectivity index (χ1n) is 5.02. The number of nitrogens with zero attached hydrogens (tertiary/aromatic N) is 2.